The molecule has 1 aliphatic heterocycles. The number of hydrogen-bond donors (Lipinski definition) is 3. The Bertz CT molecular complexity index is 1320. The topological polar surface area (TPSA) is 131 Å². The normalized spacial score (nSPS) is 13.4. The van der Waals surface area contributed by atoms with E-state index in [2.05, 4.69) is 10.6 Å². The van der Waals surface area contributed by atoms with Crippen molar-refractivity contribution < 1.29 is 23.9 Å². The number of carbonyl (C=O) groups excluding carboxylic acids is 4. The fraction of sp³-hybridized carbons (Fsp3) is 0.214. The van der Waals surface area contributed by atoms with Gasteiger partial charge in [-0.05, 0) is 79.6 Å². The number of nitrogens with zero attached hydrogens (tertiary/aromatic N) is 1. The van der Waals surface area contributed by atoms with Gasteiger partial charge in [0.05, 0.1) is 18.5 Å². The summed E-state index contributed by atoms with van der Waals surface area (Å²) in [6.07, 6.45) is 3.38. The van der Waals surface area contributed by atoms with Gasteiger partial charge in [-0.25, -0.2) is 0 Å². The molecular weight excluding hydrogens is 472 g/mol. The Hall–Kier alpha value is -4.66. The first-order valence-electron chi connectivity index (χ1n) is 12.0. The smallest absolute Gasteiger partial charge is 0.255 e. The van der Waals surface area contributed by atoms with Crippen LogP contribution in [0.4, 0.5) is 17.1 Å². The molecule has 1 fully saturated rings. The Morgan fingerprint density at radius 1 is 0.784 bits per heavy atom. The van der Waals surface area contributed by atoms with Crippen molar-refractivity contribution in [1.82, 2.24) is 0 Å². The Balaban J connectivity index is 1.53. The summed E-state index contributed by atoms with van der Waals surface area (Å²) in [5.74, 6) is -0.837. The van der Waals surface area contributed by atoms with Gasteiger partial charge in [-0.2, -0.15) is 0 Å². The van der Waals surface area contributed by atoms with E-state index in [1.54, 1.807) is 53.4 Å². The van der Waals surface area contributed by atoms with Gasteiger partial charge in [0.15, 0.2) is 0 Å². The zero-order valence-electron chi connectivity index (χ0n) is 20.5. The summed E-state index contributed by atoms with van der Waals surface area (Å²) in [6.45, 7) is 0.661. The van der Waals surface area contributed by atoms with Gasteiger partial charge in [0.1, 0.15) is 5.75 Å². The summed E-state index contributed by atoms with van der Waals surface area (Å²) in [5.41, 5.74) is 7.59. The van der Waals surface area contributed by atoms with E-state index in [1.807, 2.05) is 0 Å². The summed E-state index contributed by atoms with van der Waals surface area (Å²) >= 11 is 0. The van der Waals surface area contributed by atoms with Crippen LogP contribution in [0.15, 0.2) is 66.7 Å². The summed E-state index contributed by atoms with van der Waals surface area (Å²) in [7, 11) is 1.53. The molecule has 3 aromatic rings. The lowest BCUT2D eigenvalue weighted by Crippen LogP contribution is -2.29. The lowest BCUT2D eigenvalue weighted by Gasteiger charge is -2.21. The molecule has 4 rings (SSSR count). The number of benzene rings is 3. The number of nitrogens with one attached hydrogen (secondary N) is 2. The molecule has 4 N–H and O–H groups in total. The van der Waals surface area contributed by atoms with Gasteiger partial charge in [0.2, 0.25) is 11.8 Å². The first-order valence-corrected chi connectivity index (χ1v) is 12.0. The molecule has 3 aromatic carbocycles. The summed E-state index contributed by atoms with van der Waals surface area (Å²) in [4.78, 5) is 51.7. The number of nitrogens with two attached hydrogens (primary N) is 1. The average molecular weight is 501 g/mol. The van der Waals surface area contributed by atoms with E-state index in [4.69, 9.17) is 10.5 Å². The Labute approximate surface area is 214 Å². The van der Waals surface area contributed by atoms with Crippen LogP contribution >= 0.6 is 0 Å². The summed E-state index contributed by atoms with van der Waals surface area (Å²) in [6, 6.07) is 17.7. The summed E-state index contributed by atoms with van der Waals surface area (Å²) < 4.78 is 5.12. The summed E-state index contributed by atoms with van der Waals surface area (Å²) in [5, 5.41) is 5.51. The number of rotatable bonds is 7. The van der Waals surface area contributed by atoms with Crippen LogP contribution in [0.1, 0.15) is 56.8 Å². The van der Waals surface area contributed by atoms with E-state index >= 15 is 0 Å². The molecule has 0 saturated carbocycles. The van der Waals surface area contributed by atoms with E-state index in [1.165, 1.54) is 25.3 Å². The third-order valence-electron chi connectivity index (χ3n) is 6.17. The highest BCUT2D eigenvalue weighted by atomic mass is 16.5. The highest BCUT2D eigenvalue weighted by Gasteiger charge is 2.19. The second-order valence-electron chi connectivity index (χ2n) is 8.66. The molecular formula is C28H28N4O5. The van der Waals surface area contributed by atoms with Crippen molar-refractivity contribution in [2.24, 2.45) is 5.73 Å². The first kappa shape index (κ1) is 25.4. The van der Waals surface area contributed by atoms with Gasteiger partial charge < -0.3 is 26.0 Å². The van der Waals surface area contributed by atoms with Crippen molar-refractivity contribution in [1.29, 1.82) is 0 Å². The van der Waals surface area contributed by atoms with Gasteiger partial charge in [-0.1, -0.05) is 6.42 Å². The fourth-order valence-corrected chi connectivity index (χ4v) is 4.09. The number of anilines is 3. The minimum Gasteiger partial charge on any atom is -0.497 e. The number of primary amides is 1. The van der Waals surface area contributed by atoms with E-state index < -0.39 is 17.7 Å². The molecule has 190 valence electrons. The van der Waals surface area contributed by atoms with Crippen molar-refractivity contribution in [3.8, 4) is 5.75 Å². The van der Waals surface area contributed by atoms with Gasteiger partial charge in [0.25, 0.3) is 11.8 Å². The second-order valence-corrected chi connectivity index (χ2v) is 8.66. The van der Waals surface area contributed by atoms with E-state index in [-0.39, 0.29) is 17.2 Å². The number of hydrogen-bond acceptors (Lipinski definition) is 5. The third-order valence-corrected chi connectivity index (χ3v) is 6.17. The van der Waals surface area contributed by atoms with Gasteiger partial charge >= 0.3 is 0 Å². The van der Waals surface area contributed by atoms with Crippen LogP contribution in [0.5, 0.6) is 5.75 Å². The molecule has 1 aliphatic rings. The van der Waals surface area contributed by atoms with Crippen molar-refractivity contribution in [3.63, 3.8) is 0 Å². The molecule has 9 nitrogen and oxygen atoms in total. The molecule has 0 unspecified atom stereocenters. The Morgan fingerprint density at radius 2 is 1.38 bits per heavy atom. The zero-order chi connectivity index (χ0) is 26.4. The molecule has 1 heterocycles. The Morgan fingerprint density at radius 3 is 2.00 bits per heavy atom. The third kappa shape index (κ3) is 6.13. The minimum atomic E-state index is -0.670. The molecule has 0 radical (unpaired) electrons. The van der Waals surface area contributed by atoms with Gasteiger partial charge in [0, 0.05) is 35.3 Å². The van der Waals surface area contributed by atoms with Crippen LogP contribution in [0.3, 0.4) is 0 Å². The molecule has 0 atom stereocenters. The molecule has 0 aromatic heterocycles. The van der Waals surface area contributed by atoms with Crippen molar-refractivity contribution in [2.75, 3.05) is 29.2 Å². The molecule has 9 heteroatoms. The van der Waals surface area contributed by atoms with Crippen LogP contribution in [-0.2, 0) is 4.79 Å². The lowest BCUT2D eigenvalue weighted by atomic mass is 10.1. The second kappa shape index (κ2) is 11.4. The largest absolute Gasteiger partial charge is 0.497 e. The van der Waals surface area contributed by atoms with Crippen molar-refractivity contribution >= 4 is 40.7 Å². The molecule has 0 bridgehead atoms. The van der Waals surface area contributed by atoms with Crippen molar-refractivity contribution in [2.45, 2.75) is 25.7 Å². The maximum atomic E-state index is 13.0. The fourth-order valence-electron chi connectivity index (χ4n) is 4.09. The van der Waals surface area contributed by atoms with Gasteiger partial charge in [-0.15, -0.1) is 0 Å². The molecule has 0 spiro atoms. The highest BCUT2D eigenvalue weighted by Crippen LogP contribution is 2.26. The van der Waals surface area contributed by atoms with Crippen LogP contribution in [0.25, 0.3) is 0 Å². The molecule has 4 amide bonds. The van der Waals surface area contributed by atoms with E-state index in [0.717, 1.165) is 24.9 Å². The molecule has 37 heavy (non-hydrogen) atoms. The number of methoxy groups -OCH3 is 1. The average Bonchev–Trinajstić information content (AvgIpc) is 3.13. The first-order chi connectivity index (χ1) is 17.9. The number of carbonyl (C=O) groups is 4. The minimum absolute atomic E-state index is 0.0847. The maximum Gasteiger partial charge on any atom is 0.255 e. The lowest BCUT2D eigenvalue weighted by molar-refractivity contribution is -0.118. The zero-order valence-corrected chi connectivity index (χ0v) is 20.5. The van der Waals surface area contributed by atoms with Gasteiger partial charge in [-0.3, -0.25) is 19.2 Å². The standard InChI is InChI=1S/C28H28N4O5/c1-37-22-13-8-19(9-14-22)28(36)31-24-17-20(26(29)34)10-15-23(24)30-27(35)18-6-11-21(12-7-18)32-16-4-2-3-5-25(32)33/h6-15,17H,2-5,16H2,1H3,(H2,29,34)(H,30,35)(H,31,36). The quantitative estimate of drug-likeness (QED) is 0.447. The maximum absolute atomic E-state index is 13.0. The molecule has 1 saturated heterocycles. The molecule has 0 aliphatic carbocycles. The van der Waals surface area contributed by atoms with Crippen LogP contribution in [0.2, 0.25) is 0 Å². The predicted molar refractivity (Wildman–Crippen MR) is 141 cm³/mol. The van der Waals surface area contributed by atoms with Crippen LogP contribution in [0, 0.1) is 0 Å². The number of ether oxygens (including phenoxy) is 1. The van der Waals surface area contributed by atoms with Crippen LogP contribution in [-0.4, -0.2) is 37.3 Å². The van der Waals surface area contributed by atoms with Crippen LogP contribution < -0.4 is 26.0 Å². The Kier molecular flexibility index (Phi) is 7.83. The number of amides is 4. The van der Waals surface area contributed by atoms with Crippen molar-refractivity contribution in [3.05, 3.63) is 83.4 Å². The highest BCUT2D eigenvalue weighted by molar-refractivity contribution is 6.11. The van der Waals surface area contributed by atoms with E-state index in [0.29, 0.717) is 35.5 Å². The van der Waals surface area contributed by atoms with E-state index in [9.17, 15) is 19.2 Å². The monoisotopic (exact) mass is 500 g/mol. The SMILES string of the molecule is COc1ccc(C(=O)Nc2cc(C(N)=O)ccc2NC(=O)c2ccc(N3CCCCCC3=O)cc2)cc1. The predicted octanol–water partition coefficient (Wildman–Crippen LogP) is 4.21.